The van der Waals surface area contributed by atoms with Crippen molar-refractivity contribution < 1.29 is 9.59 Å². The van der Waals surface area contributed by atoms with Crippen molar-refractivity contribution in [1.29, 1.82) is 0 Å². The van der Waals surface area contributed by atoms with Crippen LogP contribution >= 0.6 is 12.4 Å². The predicted octanol–water partition coefficient (Wildman–Crippen LogP) is 3.17. The molecule has 3 rings (SSSR count). The number of nitrogens with one attached hydrogen (secondary N) is 1. The molecule has 1 fully saturated rings. The number of carbonyl (C=O) groups is 2. The molecule has 0 aromatic heterocycles. The molecule has 0 radical (unpaired) electrons. The fraction of sp³-hybridized carbons (Fsp3) is 0.364. The highest BCUT2D eigenvalue weighted by Crippen LogP contribution is 2.30. The lowest BCUT2D eigenvalue weighted by atomic mass is 9.90. The van der Waals surface area contributed by atoms with Gasteiger partial charge in [0.1, 0.15) is 0 Å². The van der Waals surface area contributed by atoms with Gasteiger partial charge >= 0.3 is 0 Å². The van der Waals surface area contributed by atoms with Gasteiger partial charge in [0.25, 0.3) is 5.91 Å². The largest absolute Gasteiger partial charge is 0.345 e. The highest BCUT2D eigenvalue weighted by Gasteiger charge is 2.35. The molecule has 0 bridgehead atoms. The summed E-state index contributed by atoms with van der Waals surface area (Å²) in [6, 6.07) is 18.4. The van der Waals surface area contributed by atoms with Crippen molar-refractivity contribution in [2.45, 2.75) is 25.8 Å². The predicted molar refractivity (Wildman–Crippen MR) is 113 cm³/mol. The minimum Gasteiger partial charge on any atom is -0.345 e. The Hall–Kier alpha value is -2.37. The van der Waals surface area contributed by atoms with Crippen molar-refractivity contribution in [2.75, 3.05) is 19.6 Å². The van der Waals surface area contributed by atoms with E-state index in [1.54, 1.807) is 12.1 Å². The molecule has 1 heterocycles. The van der Waals surface area contributed by atoms with E-state index in [-0.39, 0.29) is 42.1 Å². The van der Waals surface area contributed by atoms with Crippen molar-refractivity contribution in [3.63, 3.8) is 0 Å². The molecule has 5 nitrogen and oxygen atoms in total. The fourth-order valence-corrected chi connectivity index (χ4v) is 3.48. The Bertz CT molecular complexity index is 785. The minimum absolute atomic E-state index is 0. The minimum atomic E-state index is -0.365. The number of rotatable bonds is 6. The molecule has 2 unspecified atom stereocenters. The Kier molecular flexibility index (Phi) is 7.61. The molecule has 2 aromatic carbocycles. The number of amides is 2. The standard InChI is InChI=1S/C22H27N3O2.ClH/c1-22(15-23)12-13-25(16-22)20(26)14-19(17-8-4-2-5-9-17)24-21(27)18-10-6-3-7-11-18;/h2-11,19H,12-16,23H2,1H3,(H,24,27);1H. The van der Waals surface area contributed by atoms with E-state index in [4.69, 9.17) is 5.73 Å². The third kappa shape index (κ3) is 5.33. The zero-order valence-electron chi connectivity index (χ0n) is 16.1. The van der Waals surface area contributed by atoms with E-state index >= 15 is 0 Å². The second kappa shape index (κ2) is 9.71. The molecule has 2 aromatic rings. The van der Waals surface area contributed by atoms with Crippen LogP contribution in [-0.2, 0) is 4.79 Å². The number of hydrogen-bond acceptors (Lipinski definition) is 3. The number of carbonyl (C=O) groups excluding carboxylic acids is 2. The van der Waals surface area contributed by atoms with Crippen LogP contribution in [0.5, 0.6) is 0 Å². The lowest BCUT2D eigenvalue weighted by Gasteiger charge is -2.25. The summed E-state index contributed by atoms with van der Waals surface area (Å²) in [5.41, 5.74) is 7.36. The van der Waals surface area contributed by atoms with Gasteiger partial charge in [-0.3, -0.25) is 9.59 Å². The molecule has 1 aliphatic rings. The highest BCUT2D eigenvalue weighted by molar-refractivity contribution is 5.94. The van der Waals surface area contributed by atoms with E-state index in [0.717, 1.165) is 18.5 Å². The molecule has 0 spiro atoms. The van der Waals surface area contributed by atoms with Crippen molar-refractivity contribution in [3.05, 3.63) is 71.8 Å². The molecule has 2 amide bonds. The molecule has 1 saturated heterocycles. The van der Waals surface area contributed by atoms with Gasteiger partial charge < -0.3 is 16.0 Å². The molecule has 150 valence electrons. The average molecular weight is 402 g/mol. The Balaban J connectivity index is 0.00000280. The van der Waals surface area contributed by atoms with Crippen LogP contribution in [0.25, 0.3) is 0 Å². The van der Waals surface area contributed by atoms with Gasteiger partial charge in [0.2, 0.25) is 5.91 Å². The van der Waals surface area contributed by atoms with Crippen molar-refractivity contribution in [1.82, 2.24) is 10.2 Å². The van der Waals surface area contributed by atoms with Crippen LogP contribution in [0.15, 0.2) is 60.7 Å². The quantitative estimate of drug-likeness (QED) is 0.780. The smallest absolute Gasteiger partial charge is 0.251 e. The summed E-state index contributed by atoms with van der Waals surface area (Å²) in [5.74, 6) is -0.125. The maximum Gasteiger partial charge on any atom is 0.251 e. The van der Waals surface area contributed by atoms with Crippen LogP contribution in [0.2, 0.25) is 0 Å². The second-order valence-corrected chi connectivity index (χ2v) is 7.59. The molecule has 28 heavy (non-hydrogen) atoms. The van der Waals surface area contributed by atoms with Crippen molar-refractivity contribution in [2.24, 2.45) is 11.1 Å². The Morgan fingerprint density at radius 2 is 1.71 bits per heavy atom. The monoisotopic (exact) mass is 401 g/mol. The summed E-state index contributed by atoms with van der Waals surface area (Å²) in [7, 11) is 0. The Labute approximate surface area is 172 Å². The summed E-state index contributed by atoms with van der Waals surface area (Å²) >= 11 is 0. The third-order valence-electron chi connectivity index (χ3n) is 5.33. The van der Waals surface area contributed by atoms with Crippen LogP contribution in [0, 0.1) is 5.41 Å². The normalized spacial score (nSPS) is 19.6. The Morgan fingerprint density at radius 3 is 2.29 bits per heavy atom. The molecule has 3 N–H and O–H groups in total. The zero-order chi connectivity index (χ0) is 19.3. The highest BCUT2D eigenvalue weighted by atomic mass is 35.5. The molecule has 6 heteroatoms. The van der Waals surface area contributed by atoms with Gasteiger partial charge in [0.15, 0.2) is 0 Å². The first-order valence-corrected chi connectivity index (χ1v) is 9.39. The maximum atomic E-state index is 12.9. The lowest BCUT2D eigenvalue weighted by molar-refractivity contribution is -0.131. The van der Waals surface area contributed by atoms with E-state index in [1.165, 1.54) is 0 Å². The van der Waals surface area contributed by atoms with Crippen LogP contribution in [0.4, 0.5) is 0 Å². The van der Waals surface area contributed by atoms with Crippen LogP contribution in [0.3, 0.4) is 0 Å². The van der Waals surface area contributed by atoms with Gasteiger partial charge in [-0.05, 0) is 36.1 Å². The number of hydrogen-bond donors (Lipinski definition) is 2. The molecule has 0 aliphatic carbocycles. The summed E-state index contributed by atoms with van der Waals surface area (Å²) in [5, 5.41) is 3.03. The summed E-state index contributed by atoms with van der Waals surface area (Å²) in [6.07, 6.45) is 1.16. The lowest BCUT2D eigenvalue weighted by Crippen LogP contribution is -2.37. The topological polar surface area (TPSA) is 75.4 Å². The zero-order valence-corrected chi connectivity index (χ0v) is 17.0. The van der Waals surface area contributed by atoms with Gasteiger partial charge in [-0.1, -0.05) is 55.5 Å². The number of nitrogens with two attached hydrogens (primary N) is 1. The first kappa shape index (κ1) is 21.9. The first-order valence-electron chi connectivity index (χ1n) is 9.39. The van der Waals surface area contributed by atoms with E-state index in [2.05, 4.69) is 12.2 Å². The van der Waals surface area contributed by atoms with Crippen LogP contribution in [0.1, 0.15) is 41.7 Å². The summed E-state index contributed by atoms with van der Waals surface area (Å²) < 4.78 is 0. The van der Waals surface area contributed by atoms with E-state index in [0.29, 0.717) is 18.7 Å². The van der Waals surface area contributed by atoms with Gasteiger partial charge in [-0.15, -0.1) is 12.4 Å². The Morgan fingerprint density at radius 1 is 1.11 bits per heavy atom. The fourth-order valence-electron chi connectivity index (χ4n) is 3.48. The van der Waals surface area contributed by atoms with E-state index < -0.39 is 0 Å². The summed E-state index contributed by atoms with van der Waals surface area (Å²) in [6.45, 7) is 4.09. The van der Waals surface area contributed by atoms with Crippen LogP contribution in [-0.4, -0.2) is 36.3 Å². The summed E-state index contributed by atoms with van der Waals surface area (Å²) in [4.78, 5) is 27.4. The van der Waals surface area contributed by atoms with Crippen molar-refractivity contribution in [3.8, 4) is 0 Å². The maximum absolute atomic E-state index is 12.9. The van der Waals surface area contributed by atoms with E-state index in [9.17, 15) is 9.59 Å². The van der Waals surface area contributed by atoms with Crippen molar-refractivity contribution >= 4 is 24.2 Å². The number of nitrogens with zero attached hydrogens (tertiary/aromatic N) is 1. The SMILES string of the molecule is CC1(CN)CCN(C(=O)CC(NC(=O)c2ccccc2)c2ccccc2)C1.Cl. The molecular formula is C22H28ClN3O2. The molecular weight excluding hydrogens is 374 g/mol. The number of benzene rings is 2. The van der Waals surface area contributed by atoms with Gasteiger partial charge in [0, 0.05) is 18.7 Å². The molecule has 2 atom stereocenters. The third-order valence-corrected chi connectivity index (χ3v) is 5.33. The van der Waals surface area contributed by atoms with Gasteiger partial charge in [-0.2, -0.15) is 0 Å². The molecule has 0 saturated carbocycles. The van der Waals surface area contributed by atoms with Gasteiger partial charge in [-0.25, -0.2) is 0 Å². The number of likely N-dealkylation sites (tertiary alicyclic amines) is 1. The average Bonchev–Trinajstić information content (AvgIpc) is 3.12. The van der Waals surface area contributed by atoms with Gasteiger partial charge in [0.05, 0.1) is 12.5 Å². The number of halogens is 1. The molecule has 1 aliphatic heterocycles. The second-order valence-electron chi connectivity index (χ2n) is 7.59. The van der Waals surface area contributed by atoms with E-state index in [1.807, 2.05) is 53.4 Å². The first-order chi connectivity index (χ1) is 13.0. The van der Waals surface area contributed by atoms with Crippen LogP contribution < -0.4 is 11.1 Å².